The second-order valence-corrected chi connectivity index (χ2v) is 4.43. The number of aromatic nitrogens is 3. The average molecular weight is 267 g/mol. The molecule has 19 heavy (non-hydrogen) atoms. The molecule has 102 valence electrons. The van der Waals surface area contributed by atoms with Crippen LogP contribution in [0.2, 0.25) is 0 Å². The molecular formula is C11H13N3O5. The highest BCUT2D eigenvalue weighted by molar-refractivity contribution is 5.46. The average Bonchev–Trinajstić information content (AvgIpc) is 2.94. The van der Waals surface area contributed by atoms with Crippen molar-refractivity contribution in [1.29, 1.82) is 0 Å². The molecule has 8 nitrogen and oxygen atoms in total. The van der Waals surface area contributed by atoms with E-state index in [1.54, 1.807) is 12.1 Å². The van der Waals surface area contributed by atoms with Crippen molar-refractivity contribution in [3.05, 3.63) is 34.5 Å². The third-order valence-corrected chi connectivity index (χ3v) is 3.32. The van der Waals surface area contributed by atoms with Crippen LogP contribution in [0.25, 0.3) is 5.52 Å². The largest absolute Gasteiger partial charge is 0.394 e. The van der Waals surface area contributed by atoms with E-state index in [-0.39, 0.29) is 5.56 Å². The first-order valence-corrected chi connectivity index (χ1v) is 5.81. The molecule has 0 bridgehead atoms. The number of rotatable bonds is 2. The number of nitrogens with one attached hydrogen (secondary N) is 1. The normalized spacial score (nSPS) is 31.1. The monoisotopic (exact) mass is 267 g/mol. The minimum absolute atomic E-state index is 0.312. The van der Waals surface area contributed by atoms with Crippen molar-refractivity contribution in [1.82, 2.24) is 14.6 Å². The summed E-state index contributed by atoms with van der Waals surface area (Å²) in [6.45, 7) is -0.397. The third-order valence-electron chi connectivity index (χ3n) is 3.32. The Labute approximate surface area is 106 Å². The number of aliphatic hydroxyl groups is 3. The van der Waals surface area contributed by atoms with E-state index in [1.165, 1.54) is 10.8 Å². The van der Waals surface area contributed by atoms with Crippen LogP contribution in [0.1, 0.15) is 11.8 Å². The first-order valence-electron chi connectivity index (χ1n) is 5.81. The highest BCUT2D eigenvalue weighted by Gasteiger charge is 2.44. The van der Waals surface area contributed by atoms with Gasteiger partial charge in [-0.1, -0.05) is 0 Å². The second-order valence-electron chi connectivity index (χ2n) is 4.43. The Hall–Kier alpha value is -1.74. The quantitative estimate of drug-likeness (QED) is 0.508. The summed E-state index contributed by atoms with van der Waals surface area (Å²) in [5.74, 6) is 0. The van der Waals surface area contributed by atoms with Crippen LogP contribution < -0.4 is 5.56 Å². The van der Waals surface area contributed by atoms with Crippen LogP contribution in [0, 0.1) is 0 Å². The zero-order chi connectivity index (χ0) is 13.6. The lowest BCUT2D eigenvalue weighted by molar-refractivity contribution is -0.0244. The molecule has 2 aromatic heterocycles. The summed E-state index contributed by atoms with van der Waals surface area (Å²) in [5, 5.41) is 32.7. The molecule has 3 heterocycles. The van der Waals surface area contributed by atoms with Crippen molar-refractivity contribution in [3.63, 3.8) is 0 Å². The van der Waals surface area contributed by atoms with Crippen molar-refractivity contribution in [2.24, 2.45) is 0 Å². The van der Waals surface area contributed by atoms with Crippen LogP contribution in [0.5, 0.6) is 0 Å². The fraction of sp³-hybridized carbons (Fsp3) is 0.455. The Morgan fingerprint density at radius 2 is 2.16 bits per heavy atom. The van der Waals surface area contributed by atoms with Gasteiger partial charge >= 0.3 is 0 Å². The molecule has 0 spiro atoms. The summed E-state index contributed by atoms with van der Waals surface area (Å²) >= 11 is 0. The van der Waals surface area contributed by atoms with E-state index in [2.05, 4.69) is 10.1 Å². The van der Waals surface area contributed by atoms with Crippen LogP contribution in [0.15, 0.2) is 23.3 Å². The Morgan fingerprint density at radius 3 is 2.84 bits per heavy atom. The smallest absolute Gasteiger partial charge is 0.275 e. The van der Waals surface area contributed by atoms with Crippen molar-refractivity contribution < 1.29 is 20.1 Å². The van der Waals surface area contributed by atoms with Crippen LogP contribution >= 0.6 is 0 Å². The SMILES string of the molecule is O=c1[nH]cnn2c([C@@H]3O[C@H](CO)[C@@H](O)[C@H]3O)ccc12. The zero-order valence-electron chi connectivity index (χ0n) is 9.80. The maximum Gasteiger partial charge on any atom is 0.275 e. The number of nitrogens with zero attached hydrogens (tertiary/aromatic N) is 2. The van der Waals surface area contributed by atoms with E-state index in [4.69, 9.17) is 9.84 Å². The van der Waals surface area contributed by atoms with E-state index in [0.29, 0.717) is 11.2 Å². The topological polar surface area (TPSA) is 120 Å². The molecule has 4 atom stereocenters. The van der Waals surface area contributed by atoms with E-state index in [0.717, 1.165) is 0 Å². The number of fused-ring (bicyclic) bond motifs is 1. The predicted octanol–water partition coefficient (Wildman–Crippen LogP) is -1.82. The number of hydrogen-bond acceptors (Lipinski definition) is 6. The number of H-pyrrole nitrogens is 1. The zero-order valence-corrected chi connectivity index (χ0v) is 9.80. The summed E-state index contributed by atoms with van der Waals surface area (Å²) < 4.78 is 6.75. The number of ether oxygens (including phenoxy) is 1. The molecule has 1 fully saturated rings. The maximum atomic E-state index is 11.6. The molecule has 0 aliphatic carbocycles. The first kappa shape index (κ1) is 12.3. The summed E-state index contributed by atoms with van der Waals surface area (Å²) in [4.78, 5) is 14.0. The van der Waals surface area contributed by atoms with Gasteiger partial charge in [0.1, 0.15) is 36.3 Å². The van der Waals surface area contributed by atoms with Crippen molar-refractivity contribution in [2.75, 3.05) is 6.61 Å². The standard InChI is InChI=1S/C11H13N3O5/c15-3-7-8(16)9(17)10(19-7)5-1-2-6-11(18)12-4-13-14(5)6/h1-2,4,7-10,15-17H,3H2,(H,12,13,18)/t7-,8-,9-,10+/m1/s1. The molecule has 1 aliphatic heterocycles. The Kier molecular flexibility index (Phi) is 2.86. The first-order chi connectivity index (χ1) is 9.13. The lowest BCUT2D eigenvalue weighted by Crippen LogP contribution is -2.32. The van der Waals surface area contributed by atoms with Gasteiger partial charge in [0.2, 0.25) is 0 Å². The fourth-order valence-corrected chi connectivity index (χ4v) is 2.32. The molecule has 4 N–H and O–H groups in total. The second kappa shape index (κ2) is 4.42. The van der Waals surface area contributed by atoms with Crippen molar-refractivity contribution in [2.45, 2.75) is 24.4 Å². The number of hydrogen-bond donors (Lipinski definition) is 4. The minimum Gasteiger partial charge on any atom is -0.394 e. The van der Waals surface area contributed by atoms with Crippen molar-refractivity contribution in [3.8, 4) is 0 Å². The lowest BCUT2D eigenvalue weighted by Gasteiger charge is -2.13. The van der Waals surface area contributed by atoms with E-state index in [1.807, 2.05) is 0 Å². The van der Waals surface area contributed by atoms with Crippen LogP contribution in [0.3, 0.4) is 0 Å². The molecular weight excluding hydrogens is 254 g/mol. The van der Waals surface area contributed by atoms with Crippen molar-refractivity contribution >= 4 is 5.52 Å². The van der Waals surface area contributed by atoms with Gasteiger partial charge in [0.15, 0.2) is 0 Å². The minimum atomic E-state index is -1.18. The van der Waals surface area contributed by atoms with Crippen LogP contribution in [-0.4, -0.2) is 54.8 Å². The van der Waals surface area contributed by atoms with Crippen LogP contribution in [0.4, 0.5) is 0 Å². The molecule has 0 amide bonds. The molecule has 1 saturated heterocycles. The Morgan fingerprint density at radius 1 is 1.37 bits per heavy atom. The van der Waals surface area contributed by atoms with E-state index >= 15 is 0 Å². The van der Waals surface area contributed by atoms with Gasteiger partial charge in [0, 0.05) is 0 Å². The highest BCUT2D eigenvalue weighted by Crippen LogP contribution is 2.33. The lowest BCUT2D eigenvalue weighted by atomic mass is 10.1. The Bertz CT molecular complexity index is 651. The molecule has 3 rings (SSSR count). The number of aromatic amines is 1. The van der Waals surface area contributed by atoms with Gasteiger partial charge < -0.3 is 25.0 Å². The van der Waals surface area contributed by atoms with Crippen LogP contribution in [-0.2, 0) is 4.74 Å². The van der Waals surface area contributed by atoms with Gasteiger partial charge in [-0.2, -0.15) is 5.10 Å². The molecule has 0 radical (unpaired) electrons. The van der Waals surface area contributed by atoms with Gasteiger partial charge in [0.05, 0.1) is 12.3 Å². The summed E-state index contributed by atoms with van der Waals surface area (Å²) in [6, 6.07) is 3.15. The fourth-order valence-electron chi connectivity index (χ4n) is 2.32. The van der Waals surface area contributed by atoms with Gasteiger partial charge in [-0.15, -0.1) is 0 Å². The molecule has 8 heteroatoms. The van der Waals surface area contributed by atoms with E-state index in [9.17, 15) is 15.0 Å². The molecule has 2 aromatic rings. The molecule has 1 aliphatic rings. The van der Waals surface area contributed by atoms with Gasteiger partial charge in [-0.3, -0.25) is 4.79 Å². The van der Waals surface area contributed by atoms with Gasteiger partial charge in [-0.25, -0.2) is 4.52 Å². The van der Waals surface area contributed by atoms with Gasteiger partial charge in [0.25, 0.3) is 5.56 Å². The molecule has 0 aromatic carbocycles. The number of aliphatic hydroxyl groups excluding tert-OH is 3. The summed E-state index contributed by atoms with van der Waals surface area (Å²) in [6.07, 6.45) is -2.82. The Balaban J connectivity index is 2.06. The van der Waals surface area contributed by atoms with Gasteiger partial charge in [-0.05, 0) is 12.1 Å². The summed E-state index contributed by atoms with van der Waals surface area (Å²) in [5.41, 5.74) is 0.451. The third kappa shape index (κ3) is 1.77. The van der Waals surface area contributed by atoms with E-state index < -0.39 is 31.0 Å². The predicted molar refractivity (Wildman–Crippen MR) is 62.5 cm³/mol. The molecule has 0 unspecified atom stereocenters. The highest BCUT2D eigenvalue weighted by atomic mass is 16.6. The molecule has 0 saturated carbocycles. The maximum absolute atomic E-state index is 11.6. The summed E-state index contributed by atoms with van der Waals surface area (Å²) in [7, 11) is 0.